The highest BCUT2D eigenvalue weighted by molar-refractivity contribution is 7.85. The lowest BCUT2D eigenvalue weighted by molar-refractivity contribution is -0.130. The zero-order valence-electron chi connectivity index (χ0n) is 24.9. The Morgan fingerprint density at radius 2 is 1.60 bits per heavy atom. The first-order valence-electron chi connectivity index (χ1n) is 14.4. The van der Waals surface area contributed by atoms with Gasteiger partial charge in [0, 0.05) is 22.5 Å². The third-order valence-corrected chi connectivity index (χ3v) is 8.70. The Labute approximate surface area is 242 Å². The van der Waals surface area contributed by atoms with Crippen molar-refractivity contribution < 1.29 is 28.4 Å². The number of benzene rings is 1. The number of nitrogens with one attached hydrogen (secondary N) is 3. The highest BCUT2D eigenvalue weighted by Crippen LogP contribution is 2.23. The van der Waals surface area contributed by atoms with Gasteiger partial charge in [-0.15, -0.1) is 0 Å². The van der Waals surface area contributed by atoms with Crippen molar-refractivity contribution in [3.8, 4) is 0 Å². The number of carbonyl (C=O) groups excluding carboxylic acids is 3. The topological polar surface area (TPSA) is 134 Å². The Morgan fingerprint density at radius 3 is 2.17 bits per heavy atom. The summed E-state index contributed by atoms with van der Waals surface area (Å²) in [5, 5.41) is 19.2. The van der Waals surface area contributed by atoms with Gasteiger partial charge in [-0.3, -0.25) is 13.8 Å². The Morgan fingerprint density at radius 1 is 0.975 bits per heavy atom. The fourth-order valence-corrected chi connectivity index (χ4v) is 6.46. The van der Waals surface area contributed by atoms with Crippen molar-refractivity contribution in [2.75, 3.05) is 5.75 Å². The highest BCUT2D eigenvalue weighted by Gasteiger charge is 2.31. The lowest BCUT2D eigenvalue weighted by Crippen LogP contribution is -2.56. The third-order valence-electron chi connectivity index (χ3n) is 6.82. The summed E-state index contributed by atoms with van der Waals surface area (Å²) < 4.78 is 18.2. The van der Waals surface area contributed by atoms with E-state index in [0.717, 1.165) is 37.7 Å². The number of hydrogen-bond acceptors (Lipinski definition) is 6. The van der Waals surface area contributed by atoms with Crippen LogP contribution in [0.4, 0.5) is 4.79 Å². The second kappa shape index (κ2) is 16.1. The van der Waals surface area contributed by atoms with Crippen molar-refractivity contribution in [3.63, 3.8) is 0 Å². The van der Waals surface area contributed by atoms with E-state index in [1.807, 2.05) is 44.2 Å². The van der Waals surface area contributed by atoms with Gasteiger partial charge in [0.05, 0.1) is 17.9 Å². The minimum absolute atomic E-state index is 0.0936. The number of alkyl carbamates (subject to hydrolysis) is 1. The molecule has 1 aromatic rings. The van der Waals surface area contributed by atoms with Gasteiger partial charge in [-0.2, -0.15) is 0 Å². The molecule has 0 aliphatic heterocycles. The molecule has 226 valence electrons. The normalized spacial score (nSPS) is 18.2. The molecule has 1 unspecified atom stereocenters. The van der Waals surface area contributed by atoms with Crippen LogP contribution in [0, 0.1) is 5.92 Å². The largest absolute Gasteiger partial charge is 0.444 e. The first-order chi connectivity index (χ1) is 18.7. The molecule has 0 aromatic heterocycles. The Kier molecular flexibility index (Phi) is 13.6. The quantitative estimate of drug-likeness (QED) is 0.282. The lowest BCUT2D eigenvalue weighted by atomic mass is 9.99. The molecule has 4 N–H and O–H groups in total. The van der Waals surface area contributed by atoms with Crippen molar-refractivity contribution >= 4 is 28.7 Å². The van der Waals surface area contributed by atoms with Gasteiger partial charge < -0.3 is 25.8 Å². The molecule has 1 saturated carbocycles. The summed E-state index contributed by atoms with van der Waals surface area (Å²) in [5.41, 5.74) is 0.0969. The maximum absolute atomic E-state index is 13.2. The summed E-state index contributed by atoms with van der Waals surface area (Å²) >= 11 is 0. The van der Waals surface area contributed by atoms with Crippen LogP contribution in [0.2, 0.25) is 0 Å². The Bertz CT molecular complexity index is 975. The fraction of sp³-hybridized carbons (Fsp3) is 0.700. The minimum Gasteiger partial charge on any atom is -0.444 e. The van der Waals surface area contributed by atoms with E-state index < -0.39 is 58.5 Å². The van der Waals surface area contributed by atoms with Gasteiger partial charge in [-0.05, 0) is 58.4 Å². The summed E-state index contributed by atoms with van der Waals surface area (Å²) in [6.45, 7) is 10.7. The standard InChI is InChI=1S/C30H49N3O6S/c1-20(2)17-24(26(34)19-40(38)23-15-11-8-12-16-23)32-27(35)21(3)31-28(36)25(18-22-13-9-7-10-14-22)33-29(37)39-30(4,5)6/h7,9-10,13-14,20-21,23-26,34H,8,11-12,15-19H2,1-6H3,(H,31,36)(H,32,35)(H,33,37)/t21-,24+,25-,26+,40?/m0/s1. The molecule has 9 nitrogen and oxygen atoms in total. The smallest absolute Gasteiger partial charge is 0.408 e. The predicted octanol–water partition coefficient (Wildman–Crippen LogP) is 3.60. The molecule has 0 saturated heterocycles. The van der Waals surface area contributed by atoms with E-state index in [2.05, 4.69) is 16.0 Å². The molecule has 0 radical (unpaired) electrons. The van der Waals surface area contributed by atoms with Crippen LogP contribution < -0.4 is 16.0 Å². The van der Waals surface area contributed by atoms with Crippen molar-refractivity contribution in [3.05, 3.63) is 35.9 Å². The molecule has 2 rings (SSSR count). The SMILES string of the molecule is CC(C)C[C@@H](NC(=O)[C@H](C)NC(=O)[C@H](Cc1ccccc1)NC(=O)OC(C)(C)C)[C@H](O)CS(=O)C1CCCCC1. The molecule has 0 spiro atoms. The third kappa shape index (κ3) is 12.4. The van der Waals surface area contributed by atoms with Crippen LogP contribution in [0.15, 0.2) is 30.3 Å². The highest BCUT2D eigenvalue weighted by atomic mass is 32.2. The number of rotatable bonds is 13. The number of hydrogen-bond donors (Lipinski definition) is 4. The zero-order valence-corrected chi connectivity index (χ0v) is 25.7. The lowest BCUT2D eigenvalue weighted by Gasteiger charge is -2.29. The van der Waals surface area contributed by atoms with E-state index in [1.54, 1.807) is 27.7 Å². The Hall–Kier alpha value is -2.46. The maximum Gasteiger partial charge on any atom is 0.408 e. The molecule has 1 aliphatic carbocycles. The van der Waals surface area contributed by atoms with Crippen LogP contribution in [-0.2, 0) is 31.5 Å². The first-order valence-corrected chi connectivity index (χ1v) is 15.8. The van der Waals surface area contributed by atoms with Crippen LogP contribution >= 0.6 is 0 Å². The van der Waals surface area contributed by atoms with Gasteiger partial charge in [-0.1, -0.05) is 63.4 Å². The van der Waals surface area contributed by atoms with E-state index >= 15 is 0 Å². The van der Waals surface area contributed by atoms with Crippen LogP contribution in [0.5, 0.6) is 0 Å². The first kappa shape index (κ1) is 33.7. The van der Waals surface area contributed by atoms with Crippen molar-refractivity contribution in [1.29, 1.82) is 0 Å². The Balaban J connectivity index is 2.05. The van der Waals surface area contributed by atoms with Gasteiger partial charge in [0.1, 0.15) is 17.7 Å². The number of carbonyl (C=O) groups is 3. The molecule has 40 heavy (non-hydrogen) atoms. The van der Waals surface area contributed by atoms with E-state index in [-0.39, 0.29) is 23.3 Å². The van der Waals surface area contributed by atoms with Gasteiger partial charge >= 0.3 is 6.09 Å². The number of ether oxygens (including phenoxy) is 1. The molecule has 0 heterocycles. The van der Waals surface area contributed by atoms with E-state index in [4.69, 9.17) is 4.74 Å². The van der Waals surface area contributed by atoms with Crippen molar-refractivity contribution in [2.45, 2.75) is 122 Å². The number of amides is 3. The summed E-state index contributed by atoms with van der Waals surface area (Å²) in [7, 11) is -1.17. The van der Waals surface area contributed by atoms with Crippen molar-refractivity contribution in [1.82, 2.24) is 16.0 Å². The molecule has 3 amide bonds. The molecular formula is C30H49N3O6S. The van der Waals surface area contributed by atoms with Crippen LogP contribution in [0.1, 0.15) is 85.6 Å². The van der Waals surface area contributed by atoms with Crippen LogP contribution in [0.3, 0.4) is 0 Å². The number of aliphatic hydroxyl groups is 1. The minimum atomic E-state index is -1.17. The molecular weight excluding hydrogens is 530 g/mol. The average molecular weight is 580 g/mol. The van der Waals surface area contributed by atoms with Gasteiger partial charge in [0.15, 0.2) is 0 Å². The maximum atomic E-state index is 13.2. The average Bonchev–Trinajstić information content (AvgIpc) is 2.87. The summed E-state index contributed by atoms with van der Waals surface area (Å²) in [5.74, 6) is -0.697. The molecule has 1 aliphatic rings. The second-order valence-corrected chi connectivity index (χ2v) is 14.0. The fourth-order valence-electron chi connectivity index (χ4n) is 4.76. The second-order valence-electron chi connectivity index (χ2n) is 12.2. The monoisotopic (exact) mass is 579 g/mol. The zero-order chi connectivity index (χ0) is 29.9. The molecule has 1 fully saturated rings. The van der Waals surface area contributed by atoms with Crippen molar-refractivity contribution in [2.24, 2.45) is 5.92 Å². The molecule has 1 aromatic carbocycles. The predicted molar refractivity (Wildman–Crippen MR) is 158 cm³/mol. The van der Waals surface area contributed by atoms with E-state index in [1.165, 1.54) is 0 Å². The van der Waals surface area contributed by atoms with Crippen LogP contribution in [-0.4, -0.2) is 68.1 Å². The van der Waals surface area contributed by atoms with E-state index in [9.17, 15) is 23.7 Å². The summed E-state index contributed by atoms with van der Waals surface area (Å²) in [4.78, 5) is 38.8. The molecule has 0 bridgehead atoms. The van der Waals surface area contributed by atoms with Gasteiger partial charge in [0.25, 0.3) is 0 Å². The van der Waals surface area contributed by atoms with Gasteiger partial charge in [0.2, 0.25) is 11.8 Å². The van der Waals surface area contributed by atoms with Gasteiger partial charge in [-0.25, -0.2) is 4.79 Å². The summed E-state index contributed by atoms with van der Waals surface area (Å²) in [6.07, 6.45) is 4.12. The van der Waals surface area contributed by atoms with E-state index in [0.29, 0.717) is 6.42 Å². The molecule has 10 heteroatoms. The van der Waals surface area contributed by atoms with Crippen LogP contribution in [0.25, 0.3) is 0 Å². The summed E-state index contributed by atoms with van der Waals surface area (Å²) in [6, 6.07) is 6.74. The number of aliphatic hydroxyl groups excluding tert-OH is 1. The molecule has 5 atom stereocenters.